The predicted octanol–water partition coefficient (Wildman–Crippen LogP) is 4.52. The number of imidazole rings is 1. The van der Waals surface area contributed by atoms with Crippen LogP contribution in [0, 0.1) is 0 Å². The molecule has 0 bridgehead atoms. The van der Waals surface area contributed by atoms with Crippen molar-refractivity contribution < 1.29 is 0 Å². The van der Waals surface area contributed by atoms with E-state index in [9.17, 15) is 0 Å². The molecule has 30 heavy (non-hydrogen) atoms. The van der Waals surface area contributed by atoms with E-state index in [4.69, 9.17) is 4.98 Å². The van der Waals surface area contributed by atoms with Crippen LogP contribution in [-0.4, -0.2) is 24.3 Å². The zero-order valence-corrected chi connectivity index (χ0v) is 16.6. The number of hydrogen-bond acceptors (Lipinski definition) is 3. The van der Waals surface area contributed by atoms with Gasteiger partial charge in [-0.1, -0.05) is 84.9 Å². The molecule has 5 heteroatoms. The Labute approximate surface area is 175 Å². The van der Waals surface area contributed by atoms with Crippen LogP contribution in [0.4, 0.5) is 0 Å². The molecule has 0 fully saturated rings. The maximum atomic E-state index is 4.75. The van der Waals surface area contributed by atoms with E-state index in [1.54, 1.807) is 12.7 Å². The molecule has 0 amide bonds. The Hall–Kier alpha value is -3.99. The highest BCUT2D eigenvalue weighted by molar-refractivity contribution is 5.64. The number of hydrogen-bond donors (Lipinski definition) is 0. The normalized spacial score (nSPS) is 13.1. The van der Waals surface area contributed by atoms with Gasteiger partial charge in [0.05, 0.1) is 0 Å². The fraction of sp³-hybridized carbons (Fsp3) is 0.0800. The van der Waals surface area contributed by atoms with Gasteiger partial charge in [-0.3, -0.25) is 0 Å². The van der Waals surface area contributed by atoms with Crippen molar-refractivity contribution in [2.45, 2.75) is 5.54 Å². The van der Waals surface area contributed by atoms with Crippen LogP contribution in [0.25, 0.3) is 11.1 Å². The van der Waals surface area contributed by atoms with Crippen LogP contribution in [0.15, 0.2) is 110 Å². The lowest BCUT2D eigenvalue weighted by Crippen LogP contribution is -2.40. The van der Waals surface area contributed by atoms with Gasteiger partial charge in [0.2, 0.25) is 0 Å². The maximum absolute atomic E-state index is 4.75. The van der Waals surface area contributed by atoms with E-state index in [2.05, 4.69) is 70.7 Å². The summed E-state index contributed by atoms with van der Waals surface area (Å²) in [4.78, 5) is 9.01. The number of aryl methyl sites for hydroxylation is 1. The van der Waals surface area contributed by atoms with Gasteiger partial charge < -0.3 is 4.57 Å². The van der Waals surface area contributed by atoms with Gasteiger partial charge in [-0.15, -0.1) is 0 Å². The van der Waals surface area contributed by atoms with Crippen molar-refractivity contribution in [1.82, 2.24) is 24.3 Å². The van der Waals surface area contributed by atoms with Crippen molar-refractivity contribution in [2.24, 2.45) is 7.05 Å². The fourth-order valence-electron chi connectivity index (χ4n) is 4.10. The summed E-state index contributed by atoms with van der Waals surface area (Å²) in [7, 11) is 2.01. The summed E-state index contributed by atoms with van der Waals surface area (Å²) >= 11 is 0. The second kappa shape index (κ2) is 7.44. The smallest absolute Gasteiger partial charge is 0.172 e. The summed E-state index contributed by atoms with van der Waals surface area (Å²) in [6.07, 6.45) is 7.11. The van der Waals surface area contributed by atoms with Crippen LogP contribution in [0.1, 0.15) is 17.0 Å². The molecular weight excluding hydrogens is 370 g/mol. The van der Waals surface area contributed by atoms with Crippen molar-refractivity contribution in [2.75, 3.05) is 0 Å². The lowest BCUT2D eigenvalue weighted by atomic mass is 9.81. The highest BCUT2D eigenvalue weighted by Crippen LogP contribution is 2.39. The Kier molecular flexibility index (Phi) is 4.48. The third-order valence-electron chi connectivity index (χ3n) is 5.51. The molecule has 0 aliphatic rings. The van der Waals surface area contributed by atoms with Crippen molar-refractivity contribution in [1.29, 1.82) is 0 Å². The molecule has 5 nitrogen and oxygen atoms in total. The van der Waals surface area contributed by atoms with Crippen molar-refractivity contribution >= 4 is 0 Å². The molecule has 5 rings (SSSR count). The molecule has 146 valence electrons. The Balaban J connectivity index is 1.78. The molecule has 0 radical (unpaired) electrons. The van der Waals surface area contributed by atoms with Crippen molar-refractivity contribution in [3.05, 3.63) is 127 Å². The average Bonchev–Trinajstić information content (AvgIpc) is 3.50. The Bertz CT molecular complexity index is 1230. The first-order chi connectivity index (χ1) is 14.8. The number of rotatable bonds is 5. The molecule has 2 heterocycles. The van der Waals surface area contributed by atoms with E-state index < -0.39 is 5.54 Å². The predicted molar refractivity (Wildman–Crippen MR) is 117 cm³/mol. The van der Waals surface area contributed by atoms with Crippen molar-refractivity contribution in [3.8, 4) is 11.1 Å². The summed E-state index contributed by atoms with van der Waals surface area (Å²) in [5.41, 5.74) is 3.74. The molecule has 5 aromatic rings. The Morgan fingerprint density at radius 1 is 0.733 bits per heavy atom. The average molecular weight is 391 g/mol. The lowest BCUT2D eigenvalue weighted by Gasteiger charge is -2.34. The van der Waals surface area contributed by atoms with Gasteiger partial charge in [-0.05, 0) is 22.3 Å². The standard InChI is InChI=1S/C25H21N5/c1-29-17-16-27-24(29)25(30-19-26-18-28-30,22-10-6-3-7-11-22)23-14-12-21(13-15-23)20-8-4-2-5-9-20/h2-19H,1H3. The Morgan fingerprint density at radius 2 is 1.37 bits per heavy atom. The molecule has 0 N–H and O–H groups in total. The number of nitrogens with zero attached hydrogens (tertiary/aromatic N) is 5. The first-order valence-electron chi connectivity index (χ1n) is 9.84. The number of aromatic nitrogens is 5. The molecule has 0 spiro atoms. The van der Waals surface area contributed by atoms with Gasteiger partial charge in [0.1, 0.15) is 18.5 Å². The molecule has 3 aromatic carbocycles. The van der Waals surface area contributed by atoms with Crippen LogP contribution in [-0.2, 0) is 12.6 Å². The largest absolute Gasteiger partial charge is 0.335 e. The molecule has 0 saturated heterocycles. The number of benzene rings is 3. The fourth-order valence-corrected chi connectivity index (χ4v) is 4.10. The third-order valence-corrected chi connectivity index (χ3v) is 5.51. The van der Waals surface area contributed by atoms with Crippen LogP contribution < -0.4 is 0 Å². The SMILES string of the molecule is Cn1ccnc1C(c1ccccc1)(c1ccc(-c2ccccc2)cc1)n1cncn1. The zero-order valence-electron chi connectivity index (χ0n) is 16.6. The van der Waals surface area contributed by atoms with Gasteiger partial charge in [-0.2, -0.15) is 5.10 Å². The quantitative estimate of drug-likeness (QED) is 0.443. The van der Waals surface area contributed by atoms with Crippen LogP contribution in [0.2, 0.25) is 0 Å². The van der Waals surface area contributed by atoms with Gasteiger partial charge in [0, 0.05) is 19.4 Å². The van der Waals surface area contributed by atoms with E-state index >= 15 is 0 Å². The minimum absolute atomic E-state index is 0.745. The summed E-state index contributed by atoms with van der Waals surface area (Å²) in [5.74, 6) is 0.867. The van der Waals surface area contributed by atoms with Crippen LogP contribution >= 0.6 is 0 Å². The molecule has 2 aromatic heterocycles. The molecule has 0 aliphatic carbocycles. The van der Waals surface area contributed by atoms with Crippen LogP contribution in [0.3, 0.4) is 0 Å². The monoisotopic (exact) mass is 391 g/mol. The zero-order chi connectivity index (χ0) is 20.4. The molecular formula is C25H21N5. The summed E-state index contributed by atoms with van der Waals surface area (Å²) in [6, 6.07) is 29.3. The topological polar surface area (TPSA) is 48.5 Å². The van der Waals surface area contributed by atoms with E-state index in [1.807, 2.05) is 53.0 Å². The minimum Gasteiger partial charge on any atom is -0.335 e. The summed E-state index contributed by atoms with van der Waals surface area (Å²) in [5, 5.41) is 4.57. The molecule has 1 unspecified atom stereocenters. The molecule has 1 atom stereocenters. The van der Waals surface area contributed by atoms with E-state index in [0.717, 1.165) is 17.0 Å². The highest BCUT2D eigenvalue weighted by Gasteiger charge is 2.42. The third kappa shape index (κ3) is 2.83. The Morgan fingerprint density at radius 3 is 1.97 bits per heavy atom. The van der Waals surface area contributed by atoms with Gasteiger partial charge in [0.25, 0.3) is 0 Å². The van der Waals surface area contributed by atoms with Gasteiger partial charge in [-0.25, -0.2) is 14.6 Å². The summed E-state index contributed by atoms with van der Waals surface area (Å²) in [6.45, 7) is 0. The highest BCUT2D eigenvalue weighted by atomic mass is 15.4. The van der Waals surface area contributed by atoms with E-state index in [-0.39, 0.29) is 0 Å². The lowest BCUT2D eigenvalue weighted by molar-refractivity contribution is 0.422. The van der Waals surface area contributed by atoms with Gasteiger partial charge >= 0.3 is 0 Å². The first-order valence-corrected chi connectivity index (χ1v) is 9.84. The maximum Gasteiger partial charge on any atom is 0.172 e. The molecule has 0 aliphatic heterocycles. The van der Waals surface area contributed by atoms with Gasteiger partial charge in [0.15, 0.2) is 5.54 Å². The summed E-state index contributed by atoms with van der Waals surface area (Å²) < 4.78 is 3.93. The second-order valence-corrected chi connectivity index (χ2v) is 7.22. The van der Waals surface area contributed by atoms with E-state index in [1.165, 1.54) is 11.1 Å². The van der Waals surface area contributed by atoms with Crippen LogP contribution in [0.5, 0.6) is 0 Å². The van der Waals surface area contributed by atoms with Crippen molar-refractivity contribution in [3.63, 3.8) is 0 Å². The minimum atomic E-state index is -0.745. The first kappa shape index (κ1) is 18.1. The second-order valence-electron chi connectivity index (χ2n) is 7.22. The molecule has 0 saturated carbocycles. The van der Waals surface area contributed by atoms with E-state index in [0.29, 0.717) is 0 Å².